The van der Waals surface area contributed by atoms with Crippen molar-refractivity contribution in [1.82, 2.24) is 15.2 Å². The van der Waals surface area contributed by atoms with Crippen molar-refractivity contribution >= 4 is 29.1 Å². The maximum atomic E-state index is 14.5. The fraction of sp³-hybridized carbons (Fsp3) is 0.556. The molecular weight excluding hydrogens is 422 g/mol. The van der Waals surface area contributed by atoms with E-state index in [2.05, 4.69) is 15.3 Å². The molecule has 3 rings (SSSR count). The Kier molecular flexibility index (Phi) is 7.10. The molecule has 2 N–H and O–H groups in total. The van der Waals surface area contributed by atoms with E-state index in [0.717, 1.165) is 0 Å². The minimum atomic E-state index is -3.22. The van der Waals surface area contributed by atoms with Crippen LogP contribution < -0.4 is 5.32 Å². The zero-order chi connectivity index (χ0) is 21.7. The molecule has 12 heteroatoms. The van der Waals surface area contributed by atoms with E-state index in [0.29, 0.717) is 16.5 Å². The summed E-state index contributed by atoms with van der Waals surface area (Å²) in [5.74, 6) is -4.59. The summed E-state index contributed by atoms with van der Waals surface area (Å²) in [4.78, 5) is 32.9. The molecule has 3 heterocycles. The van der Waals surface area contributed by atoms with E-state index in [1.165, 1.54) is 16.2 Å². The summed E-state index contributed by atoms with van der Waals surface area (Å²) in [6.45, 7) is 0.843. The second kappa shape index (κ2) is 9.58. The van der Waals surface area contributed by atoms with Crippen molar-refractivity contribution < 1.29 is 33.0 Å². The summed E-state index contributed by atoms with van der Waals surface area (Å²) >= 11 is 1.36. The molecule has 0 saturated carbocycles. The second-order valence-corrected chi connectivity index (χ2v) is 7.65. The number of nitrogens with zero attached hydrogens (tertiary/aromatic N) is 3. The smallest absolute Gasteiger partial charge is 0.337 e. The summed E-state index contributed by atoms with van der Waals surface area (Å²) in [5.41, 5.74) is 0.721. The number of ether oxygens (including phenoxy) is 2. The van der Waals surface area contributed by atoms with Gasteiger partial charge in [-0.05, 0) is 13.3 Å². The van der Waals surface area contributed by atoms with E-state index in [4.69, 9.17) is 14.6 Å². The molecule has 1 saturated heterocycles. The van der Waals surface area contributed by atoms with Crippen LogP contribution in [0.1, 0.15) is 18.4 Å². The lowest BCUT2D eigenvalue weighted by molar-refractivity contribution is -0.180. The monoisotopic (exact) mass is 444 g/mol. The number of thiazole rings is 1. The van der Waals surface area contributed by atoms with E-state index in [9.17, 15) is 18.4 Å². The Balaban J connectivity index is 1.72. The highest BCUT2D eigenvalue weighted by atomic mass is 32.1. The first-order chi connectivity index (χ1) is 14.3. The Labute approximate surface area is 175 Å². The summed E-state index contributed by atoms with van der Waals surface area (Å²) in [7, 11) is 0. The Morgan fingerprint density at radius 1 is 1.47 bits per heavy atom. The van der Waals surface area contributed by atoms with Gasteiger partial charge in [0.05, 0.1) is 25.3 Å². The van der Waals surface area contributed by atoms with Crippen molar-refractivity contribution in [3.63, 3.8) is 0 Å². The highest BCUT2D eigenvalue weighted by molar-refractivity contribution is 7.11. The molecule has 1 aromatic heterocycles. The number of carboxylic acid groups (broad SMARTS) is 1. The van der Waals surface area contributed by atoms with Crippen molar-refractivity contribution in [2.24, 2.45) is 4.99 Å². The van der Waals surface area contributed by atoms with Gasteiger partial charge < -0.3 is 19.9 Å². The molecule has 9 nitrogen and oxygen atoms in total. The van der Waals surface area contributed by atoms with E-state index in [1.807, 2.05) is 0 Å². The highest BCUT2D eigenvalue weighted by Gasteiger charge is 2.46. The molecule has 1 unspecified atom stereocenters. The lowest BCUT2D eigenvalue weighted by atomic mass is 10.0. The average Bonchev–Trinajstić information content (AvgIpc) is 3.21. The topological polar surface area (TPSA) is 113 Å². The molecule has 0 spiro atoms. The second-order valence-electron chi connectivity index (χ2n) is 6.76. The van der Waals surface area contributed by atoms with Gasteiger partial charge in [-0.3, -0.25) is 9.89 Å². The summed E-state index contributed by atoms with van der Waals surface area (Å²) < 4.78 is 38.9. The molecule has 1 atom stereocenters. The number of aliphatic imine (C=N–C) groups is 1. The number of hydrogen-bond donors (Lipinski definition) is 2. The fourth-order valence-corrected chi connectivity index (χ4v) is 3.84. The van der Waals surface area contributed by atoms with E-state index >= 15 is 0 Å². The third-order valence-electron chi connectivity index (χ3n) is 4.59. The highest BCUT2D eigenvalue weighted by Crippen LogP contribution is 2.30. The van der Waals surface area contributed by atoms with Gasteiger partial charge in [0.25, 0.3) is 5.92 Å². The Bertz CT molecular complexity index is 844. The number of aliphatic carboxylic acids is 1. The van der Waals surface area contributed by atoms with Crippen LogP contribution in [0, 0.1) is 0 Å². The van der Waals surface area contributed by atoms with Crippen LogP contribution in [0.4, 0.5) is 8.78 Å². The maximum absolute atomic E-state index is 14.5. The molecule has 2 aliphatic rings. The minimum absolute atomic E-state index is 0.0320. The molecule has 0 aromatic carbocycles. The first-order valence-corrected chi connectivity index (χ1v) is 10.2. The van der Waals surface area contributed by atoms with Gasteiger partial charge in [-0.15, -0.1) is 11.3 Å². The quantitative estimate of drug-likeness (QED) is 0.574. The van der Waals surface area contributed by atoms with Crippen molar-refractivity contribution in [3.8, 4) is 0 Å². The molecular formula is C18H22F2N4O5S. The minimum Gasteiger partial charge on any atom is -0.480 e. The van der Waals surface area contributed by atoms with Gasteiger partial charge >= 0.3 is 11.9 Å². The number of rotatable bonds is 8. The third-order valence-corrected chi connectivity index (χ3v) is 5.37. The fourth-order valence-electron chi connectivity index (χ4n) is 3.24. The SMILES string of the molecule is CCOC(=O)C1=C(CN2CCC(OCC(=O)O)C(F)(F)C2)NC(c2nccs2)=NC1. The van der Waals surface area contributed by atoms with Crippen molar-refractivity contribution in [1.29, 1.82) is 0 Å². The first-order valence-electron chi connectivity index (χ1n) is 9.34. The standard InChI is InChI=1S/C18H22F2N4O5S/c1-2-28-17(27)11-7-22-15(16-21-4-6-30-16)23-12(11)8-24-5-3-13(18(19,20)10-24)29-9-14(25)26/h4,6,13H,2-3,5,7-10H2,1H3,(H,22,23)(H,25,26). The van der Waals surface area contributed by atoms with Gasteiger partial charge in [0.1, 0.15) is 12.7 Å². The van der Waals surface area contributed by atoms with Crippen LogP contribution in [-0.4, -0.2) is 84.2 Å². The first kappa shape index (κ1) is 22.2. The molecule has 0 aliphatic carbocycles. The number of alkyl halides is 2. The van der Waals surface area contributed by atoms with Gasteiger partial charge in [-0.1, -0.05) is 0 Å². The molecule has 0 amide bonds. The average molecular weight is 444 g/mol. The lowest BCUT2D eigenvalue weighted by Crippen LogP contribution is -2.54. The van der Waals surface area contributed by atoms with Gasteiger partial charge in [0, 0.05) is 30.4 Å². The van der Waals surface area contributed by atoms with Crippen molar-refractivity contribution in [2.75, 3.05) is 39.4 Å². The number of carbonyl (C=O) groups is 2. The Morgan fingerprint density at radius 3 is 2.90 bits per heavy atom. The van der Waals surface area contributed by atoms with Gasteiger partial charge in [0.2, 0.25) is 0 Å². The number of nitrogens with one attached hydrogen (secondary N) is 1. The molecule has 164 valence electrons. The molecule has 1 aromatic rings. The Hall–Kier alpha value is -2.44. The number of esters is 1. The van der Waals surface area contributed by atoms with Crippen molar-refractivity contribution in [3.05, 3.63) is 27.9 Å². The molecule has 1 fully saturated rings. The van der Waals surface area contributed by atoms with Crippen LogP contribution >= 0.6 is 11.3 Å². The largest absolute Gasteiger partial charge is 0.480 e. The predicted octanol–water partition coefficient (Wildman–Crippen LogP) is 1.12. The number of aromatic nitrogens is 1. The van der Waals surface area contributed by atoms with Gasteiger partial charge in [-0.2, -0.15) is 0 Å². The van der Waals surface area contributed by atoms with Crippen LogP contribution in [-0.2, 0) is 19.1 Å². The number of carboxylic acids is 1. The Morgan fingerprint density at radius 2 is 2.27 bits per heavy atom. The molecule has 0 bridgehead atoms. The maximum Gasteiger partial charge on any atom is 0.337 e. The van der Waals surface area contributed by atoms with Crippen LogP contribution in [0.5, 0.6) is 0 Å². The number of likely N-dealkylation sites (tertiary alicyclic amines) is 1. The van der Waals surface area contributed by atoms with E-state index in [1.54, 1.807) is 18.5 Å². The lowest BCUT2D eigenvalue weighted by Gasteiger charge is -2.38. The summed E-state index contributed by atoms with van der Waals surface area (Å²) in [6, 6.07) is 0. The van der Waals surface area contributed by atoms with Gasteiger partial charge in [-0.25, -0.2) is 23.4 Å². The number of halogens is 2. The van der Waals surface area contributed by atoms with Crippen LogP contribution in [0.2, 0.25) is 0 Å². The summed E-state index contributed by atoms with van der Waals surface area (Å²) in [5, 5.41) is 14.1. The predicted molar refractivity (Wildman–Crippen MR) is 104 cm³/mol. The zero-order valence-electron chi connectivity index (χ0n) is 16.3. The number of piperidine rings is 1. The van der Waals surface area contributed by atoms with Crippen LogP contribution in [0.3, 0.4) is 0 Å². The van der Waals surface area contributed by atoms with E-state index in [-0.39, 0.29) is 38.2 Å². The normalized spacial score (nSPS) is 21.7. The number of carbonyl (C=O) groups excluding carboxylic acids is 1. The molecule has 0 radical (unpaired) electrons. The molecule has 30 heavy (non-hydrogen) atoms. The van der Waals surface area contributed by atoms with Crippen LogP contribution in [0.25, 0.3) is 0 Å². The van der Waals surface area contributed by atoms with Gasteiger partial charge in [0.15, 0.2) is 10.8 Å². The number of amidine groups is 1. The van der Waals surface area contributed by atoms with E-state index < -0.39 is 37.1 Å². The molecule has 2 aliphatic heterocycles. The number of hydrogen-bond acceptors (Lipinski definition) is 9. The van der Waals surface area contributed by atoms with Crippen molar-refractivity contribution in [2.45, 2.75) is 25.4 Å². The third kappa shape index (κ3) is 5.37. The van der Waals surface area contributed by atoms with Crippen LogP contribution in [0.15, 0.2) is 27.8 Å². The summed E-state index contributed by atoms with van der Waals surface area (Å²) in [6.07, 6.45) is 0.127. The zero-order valence-corrected chi connectivity index (χ0v) is 17.1.